The molecule has 3 heteroatoms. The number of rotatable bonds is 1. The van der Waals surface area contributed by atoms with Crippen LogP contribution in [0, 0.1) is 0 Å². The minimum Gasteiger partial charge on any atom is -0.400 e. The first kappa shape index (κ1) is 5.38. The Morgan fingerprint density at radius 3 is 2.18 bits per heavy atom. The second kappa shape index (κ2) is 2.36. The topological polar surface area (TPSA) is 18.5 Å². The fraction of sp³-hybridized carbons (Fsp3) is 0.750. The summed E-state index contributed by atoms with van der Waals surface area (Å²) in [6, 6.07) is 0. The van der Waals surface area contributed by atoms with Gasteiger partial charge in [0.2, 0.25) is 0 Å². The van der Waals surface area contributed by atoms with Gasteiger partial charge < -0.3 is 9.31 Å². The predicted octanol–water partition coefficient (Wildman–Crippen LogP) is 1.80. The van der Waals surface area contributed by atoms with Crippen molar-refractivity contribution in [2.24, 2.45) is 0 Å². The standard InChI is InChI=1S/C8H15BO2/c1-6-9-10-7(2,3)8(4,5)11-9/h6H,1H2,2-5H3/i1D2,6D. The summed E-state index contributed by atoms with van der Waals surface area (Å²) in [5.41, 5.74) is -1.03. The Bertz CT molecular complexity index is 256. The lowest BCUT2D eigenvalue weighted by molar-refractivity contribution is 0.00578. The molecule has 1 aliphatic heterocycles. The Morgan fingerprint density at radius 2 is 1.82 bits per heavy atom. The molecule has 0 radical (unpaired) electrons. The van der Waals surface area contributed by atoms with Crippen molar-refractivity contribution in [1.29, 1.82) is 0 Å². The van der Waals surface area contributed by atoms with Gasteiger partial charge in [0.15, 0.2) is 0 Å². The minimum atomic E-state index is -0.884. The molecule has 0 aromatic rings. The van der Waals surface area contributed by atoms with E-state index < -0.39 is 24.9 Å². The van der Waals surface area contributed by atoms with Crippen LogP contribution in [0.3, 0.4) is 0 Å². The highest BCUT2D eigenvalue weighted by atomic mass is 16.7. The summed E-state index contributed by atoms with van der Waals surface area (Å²) in [7, 11) is -0.884. The average molecular weight is 157 g/mol. The molecule has 0 aliphatic carbocycles. The van der Waals surface area contributed by atoms with Crippen LogP contribution < -0.4 is 0 Å². The third-order valence-corrected chi connectivity index (χ3v) is 2.37. The molecule has 1 saturated heterocycles. The fourth-order valence-corrected chi connectivity index (χ4v) is 0.902. The maximum Gasteiger partial charge on any atom is 0.486 e. The highest BCUT2D eigenvalue weighted by molar-refractivity contribution is 6.51. The van der Waals surface area contributed by atoms with Crippen LogP contribution in [0.15, 0.2) is 12.5 Å². The minimum absolute atomic E-state index is 0.233. The first-order valence-corrected chi connectivity index (χ1v) is 3.67. The second-order valence-electron chi connectivity index (χ2n) is 3.73. The van der Waals surface area contributed by atoms with Crippen LogP contribution in [0.4, 0.5) is 0 Å². The van der Waals surface area contributed by atoms with Gasteiger partial charge in [-0.05, 0) is 27.7 Å². The number of hydrogen-bond donors (Lipinski definition) is 0. The Kier molecular flexibility index (Phi) is 1.15. The van der Waals surface area contributed by atoms with Crippen molar-refractivity contribution in [3.8, 4) is 0 Å². The van der Waals surface area contributed by atoms with E-state index in [2.05, 4.69) is 0 Å². The van der Waals surface area contributed by atoms with Crippen molar-refractivity contribution >= 4 is 7.12 Å². The highest BCUT2D eigenvalue weighted by Crippen LogP contribution is 2.36. The summed E-state index contributed by atoms with van der Waals surface area (Å²) in [6.45, 7) is 6.91. The van der Waals surface area contributed by atoms with Crippen LogP contribution in [0.5, 0.6) is 0 Å². The van der Waals surface area contributed by atoms with Gasteiger partial charge in [-0.2, -0.15) is 0 Å². The second-order valence-corrected chi connectivity index (χ2v) is 3.73. The molecule has 0 amide bonds. The molecule has 0 bridgehead atoms. The summed E-state index contributed by atoms with van der Waals surface area (Å²) >= 11 is 0. The SMILES string of the molecule is [2H]C([2H])=C([2H])B1OC(C)(C)C(C)(C)O1. The molecule has 0 unspecified atom stereocenters. The average Bonchev–Trinajstić information content (AvgIpc) is 2.20. The Hall–Kier alpha value is -0.275. The van der Waals surface area contributed by atoms with E-state index in [0.29, 0.717) is 0 Å². The van der Waals surface area contributed by atoms with E-state index in [1.165, 1.54) is 0 Å². The van der Waals surface area contributed by atoms with Gasteiger partial charge in [0.25, 0.3) is 0 Å². The molecule has 0 N–H and O–H groups in total. The molecule has 62 valence electrons. The molecule has 11 heavy (non-hydrogen) atoms. The summed E-state index contributed by atoms with van der Waals surface area (Å²) in [4.78, 5) is 0. The van der Waals surface area contributed by atoms with Crippen molar-refractivity contribution in [3.63, 3.8) is 0 Å². The molecule has 0 spiro atoms. The molecule has 0 saturated carbocycles. The smallest absolute Gasteiger partial charge is 0.400 e. The summed E-state index contributed by atoms with van der Waals surface area (Å²) in [5, 5.41) is 0. The van der Waals surface area contributed by atoms with E-state index in [4.69, 9.17) is 13.4 Å². The van der Waals surface area contributed by atoms with Gasteiger partial charge in [-0.15, -0.1) is 6.53 Å². The molecular formula is C8H15BO2. The van der Waals surface area contributed by atoms with Crippen LogP contribution >= 0.6 is 0 Å². The maximum atomic E-state index is 7.43. The maximum absolute atomic E-state index is 7.43. The van der Waals surface area contributed by atoms with Crippen molar-refractivity contribution < 1.29 is 13.4 Å². The van der Waals surface area contributed by atoms with E-state index in [-0.39, 0.29) is 5.95 Å². The van der Waals surface area contributed by atoms with Crippen LogP contribution in [0.25, 0.3) is 0 Å². The lowest BCUT2D eigenvalue weighted by Gasteiger charge is -2.32. The zero-order valence-electron chi connectivity index (χ0n) is 10.4. The molecule has 1 heterocycles. The van der Waals surface area contributed by atoms with Gasteiger partial charge in [-0.1, -0.05) is 5.95 Å². The van der Waals surface area contributed by atoms with Crippen LogP contribution in [-0.2, 0) is 9.31 Å². The highest BCUT2D eigenvalue weighted by Gasteiger charge is 2.49. The largest absolute Gasteiger partial charge is 0.486 e. The van der Waals surface area contributed by atoms with E-state index in [1.807, 2.05) is 27.7 Å². The van der Waals surface area contributed by atoms with Crippen molar-refractivity contribution in [2.45, 2.75) is 38.9 Å². The third-order valence-electron chi connectivity index (χ3n) is 2.37. The molecule has 1 rings (SSSR count). The lowest BCUT2D eigenvalue weighted by Crippen LogP contribution is -2.41. The number of hydrogen-bond acceptors (Lipinski definition) is 2. The lowest BCUT2D eigenvalue weighted by atomic mass is 9.90. The van der Waals surface area contributed by atoms with Crippen LogP contribution in [0.1, 0.15) is 31.8 Å². The van der Waals surface area contributed by atoms with E-state index in [0.717, 1.165) is 0 Å². The van der Waals surface area contributed by atoms with E-state index >= 15 is 0 Å². The van der Waals surface area contributed by atoms with Crippen molar-refractivity contribution in [1.82, 2.24) is 0 Å². The van der Waals surface area contributed by atoms with Gasteiger partial charge in [0, 0.05) is 0 Å². The summed E-state index contributed by atoms with van der Waals surface area (Å²) in [5.74, 6) is -0.233. The zero-order valence-corrected chi connectivity index (χ0v) is 7.39. The summed E-state index contributed by atoms with van der Waals surface area (Å²) in [6.07, 6.45) is 0. The van der Waals surface area contributed by atoms with Gasteiger partial charge in [0.1, 0.15) is 0 Å². The van der Waals surface area contributed by atoms with E-state index in [1.54, 1.807) is 0 Å². The fourth-order valence-electron chi connectivity index (χ4n) is 0.902. The van der Waals surface area contributed by atoms with Gasteiger partial charge in [-0.25, -0.2) is 0 Å². The third kappa shape index (κ3) is 1.35. The Balaban J connectivity index is 2.89. The van der Waals surface area contributed by atoms with Crippen molar-refractivity contribution in [2.75, 3.05) is 0 Å². The summed E-state index contributed by atoms with van der Waals surface area (Å²) < 4.78 is 32.4. The van der Waals surface area contributed by atoms with Gasteiger partial charge in [0.05, 0.1) is 15.3 Å². The molecule has 0 aromatic heterocycles. The first-order chi connectivity index (χ1) is 6.17. The van der Waals surface area contributed by atoms with Crippen molar-refractivity contribution in [3.05, 3.63) is 12.5 Å². The predicted molar refractivity (Wildman–Crippen MR) is 46.3 cm³/mol. The molecule has 1 aliphatic rings. The first-order valence-electron chi connectivity index (χ1n) is 5.17. The molecule has 0 atom stereocenters. The molecule has 0 aromatic carbocycles. The van der Waals surface area contributed by atoms with Gasteiger partial charge >= 0.3 is 7.12 Å². The van der Waals surface area contributed by atoms with Gasteiger partial charge in [-0.3, -0.25) is 0 Å². The Morgan fingerprint density at radius 1 is 1.36 bits per heavy atom. The quantitative estimate of drug-likeness (QED) is 0.540. The normalized spacial score (nSPS) is 30.5. The monoisotopic (exact) mass is 157 g/mol. The zero-order chi connectivity index (χ0) is 11.1. The molecular weight excluding hydrogens is 139 g/mol. The molecule has 1 fully saturated rings. The van der Waals surface area contributed by atoms with Crippen LogP contribution in [0.2, 0.25) is 0 Å². The Labute approximate surface area is 72.9 Å². The van der Waals surface area contributed by atoms with E-state index in [9.17, 15) is 0 Å². The molecule has 2 nitrogen and oxygen atoms in total. The van der Waals surface area contributed by atoms with Crippen LogP contribution in [-0.4, -0.2) is 18.3 Å².